The zero-order valence-corrected chi connectivity index (χ0v) is 8.67. The quantitative estimate of drug-likeness (QED) is 0.715. The molecule has 2 fully saturated rings. The van der Waals surface area contributed by atoms with Crippen molar-refractivity contribution in [1.82, 2.24) is 4.90 Å². The number of rotatable bonds is 2. The molecule has 0 radical (unpaired) electrons. The van der Waals surface area contributed by atoms with Crippen molar-refractivity contribution >= 4 is 11.8 Å². The minimum absolute atomic E-state index is 0.105. The Bertz CT molecular complexity index is 435. The third-order valence-electron chi connectivity index (χ3n) is 3.36. The Morgan fingerprint density at radius 3 is 2.19 bits per heavy atom. The summed E-state index contributed by atoms with van der Waals surface area (Å²) in [5.41, 5.74) is 6.61. The summed E-state index contributed by atoms with van der Waals surface area (Å²) in [6.45, 7) is 0.373. The maximum atomic E-state index is 11.8. The predicted octanol–water partition coefficient (Wildman–Crippen LogP) is 0.129. The fourth-order valence-corrected chi connectivity index (χ4v) is 2.36. The fraction of sp³-hybridized carbons (Fsp3) is 0.333. The van der Waals surface area contributed by atoms with Crippen molar-refractivity contribution in [3.05, 3.63) is 35.9 Å². The van der Waals surface area contributed by atoms with Crippen molar-refractivity contribution in [3.63, 3.8) is 0 Å². The number of fused-ring (bicyclic) bond motifs is 1. The molecule has 2 unspecified atom stereocenters. The molecular formula is C12H12N2O2. The van der Waals surface area contributed by atoms with Gasteiger partial charge in [-0.1, -0.05) is 30.3 Å². The number of likely N-dealkylation sites (tertiary alicyclic amines) is 1. The molecule has 1 aliphatic carbocycles. The molecule has 0 spiro atoms. The molecule has 4 heteroatoms. The summed E-state index contributed by atoms with van der Waals surface area (Å²) >= 11 is 0. The molecule has 3 rings (SSSR count). The van der Waals surface area contributed by atoms with E-state index >= 15 is 0 Å². The highest BCUT2D eigenvalue weighted by molar-refractivity contribution is 6.10. The van der Waals surface area contributed by atoms with E-state index in [1.165, 1.54) is 4.90 Å². The van der Waals surface area contributed by atoms with Crippen LogP contribution in [0.2, 0.25) is 0 Å². The van der Waals surface area contributed by atoms with Gasteiger partial charge in [-0.25, -0.2) is 0 Å². The molecular weight excluding hydrogens is 204 g/mol. The SMILES string of the molecule is NC1C2C(=O)N(Cc3ccccc3)C(=O)C12. The Morgan fingerprint density at radius 2 is 1.62 bits per heavy atom. The maximum absolute atomic E-state index is 11.8. The predicted molar refractivity (Wildman–Crippen MR) is 57.0 cm³/mol. The first-order valence-electron chi connectivity index (χ1n) is 5.35. The Kier molecular flexibility index (Phi) is 1.88. The van der Waals surface area contributed by atoms with E-state index in [0.717, 1.165) is 5.56 Å². The molecule has 1 aromatic rings. The van der Waals surface area contributed by atoms with Crippen LogP contribution in [0.1, 0.15) is 5.56 Å². The number of amides is 2. The third kappa shape index (κ3) is 1.20. The van der Waals surface area contributed by atoms with Crippen LogP contribution in [-0.4, -0.2) is 22.8 Å². The molecule has 1 saturated heterocycles. The van der Waals surface area contributed by atoms with Crippen LogP contribution in [-0.2, 0) is 16.1 Å². The van der Waals surface area contributed by atoms with Gasteiger partial charge in [0.25, 0.3) is 0 Å². The highest BCUT2D eigenvalue weighted by Crippen LogP contribution is 2.46. The number of piperidine rings is 1. The lowest BCUT2D eigenvalue weighted by Gasteiger charge is -2.17. The van der Waals surface area contributed by atoms with Crippen LogP contribution in [0.5, 0.6) is 0 Å². The van der Waals surface area contributed by atoms with Crippen LogP contribution in [0.4, 0.5) is 0 Å². The van der Waals surface area contributed by atoms with Crippen LogP contribution < -0.4 is 5.73 Å². The van der Waals surface area contributed by atoms with Crippen molar-refractivity contribution in [2.45, 2.75) is 12.6 Å². The van der Waals surface area contributed by atoms with E-state index in [2.05, 4.69) is 0 Å². The highest BCUT2D eigenvalue weighted by atomic mass is 16.2. The van der Waals surface area contributed by atoms with E-state index < -0.39 is 0 Å². The van der Waals surface area contributed by atoms with Gasteiger partial charge in [0.05, 0.1) is 18.4 Å². The maximum Gasteiger partial charge on any atom is 0.235 e. The number of carbonyl (C=O) groups is 2. The number of carbonyl (C=O) groups excluding carboxylic acids is 2. The van der Waals surface area contributed by atoms with Crippen LogP contribution >= 0.6 is 0 Å². The molecule has 4 nitrogen and oxygen atoms in total. The van der Waals surface area contributed by atoms with Gasteiger partial charge in [0.15, 0.2) is 0 Å². The smallest absolute Gasteiger partial charge is 0.235 e. The third-order valence-corrected chi connectivity index (χ3v) is 3.36. The molecule has 1 saturated carbocycles. The van der Waals surface area contributed by atoms with Gasteiger partial charge < -0.3 is 5.73 Å². The zero-order valence-electron chi connectivity index (χ0n) is 8.67. The standard InChI is InChI=1S/C12H12N2O2/c13-10-8-9(10)12(16)14(11(8)15)6-7-4-2-1-3-5-7/h1-5,8-10H,6,13H2. The summed E-state index contributed by atoms with van der Waals surface area (Å²) in [7, 11) is 0. The zero-order chi connectivity index (χ0) is 11.3. The highest BCUT2D eigenvalue weighted by Gasteiger charge is 2.65. The molecule has 1 aliphatic heterocycles. The summed E-state index contributed by atoms with van der Waals surface area (Å²) < 4.78 is 0. The summed E-state index contributed by atoms with van der Waals surface area (Å²) in [6.07, 6.45) is 0. The average molecular weight is 216 g/mol. The second-order valence-corrected chi connectivity index (χ2v) is 4.38. The molecule has 2 N–H and O–H groups in total. The van der Waals surface area contributed by atoms with Crippen LogP contribution in [0.25, 0.3) is 0 Å². The lowest BCUT2D eigenvalue weighted by atomic mass is 10.2. The van der Waals surface area contributed by atoms with Crippen LogP contribution in [0.3, 0.4) is 0 Å². The fourth-order valence-electron chi connectivity index (χ4n) is 2.36. The van der Waals surface area contributed by atoms with Gasteiger partial charge in [0, 0.05) is 6.04 Å². The van der Waals surface area contributed by atoms with E-state index in [-0.39, 0.29) is 29.7 Å². The van der Waals surface area contributed by atoms with Crippen LogP contribution in [0, 0.1) is 11.8 Å². The van der Waals surface area contributed by atoms with Gasteiger partial charge in [0.1, 0.15) is 0 Å². The largest absolute Gasteiger partial charge is 0.326 e. The molecule has 0 bridgehead atoms. The second-order valence-electron chi connectivity index (χ2n) is 4.38. The Labute approximate surface area is 93.0 Å². The van der Waals surface area contributed by atoms with E-state index in [0.29, 0.717) is 6.54 Å². The number of nitrogens with two attached hydrogens (primary N) is 1. The van der Waals surface area contributed by atoms with Crippen molar-refractivity contribution in [2.75, 3.05) is 0 Å². The number of hydrogen-bond donors (Lipinski definition) is 1. The van der Waals surface area contributed by atoms with Crippen molar-refractivity contribution < 1.29 is 9.59 Å². The topological polar surface area (TPSA) is 63.4 Å². The first-order valence-corrected chi connectivity index (χ1v) is 5.35. The Balaban J connectivity index is 1.79. The summed E-state index contributed by atoms with van der Waals surface area (Å²) in [6, 6.07) is 9.28. The number of benzene rings is 1. The van der Waals surface area contributed by atoms with Gasteiger partial charge in [-0.15, -0.1) is 0 Å². The molecule has 2 aliphatic rings. The number of nitrogens with zero attached hydrogens (tertiary/aromatic N) is 1. The average Bonchev–Trinajstić information content (AvgIpc) is 2.90. The van der Waals surface area contributed by atoms with Crippen LogP contribution in [0.15, 0.2) is 30.3 Å². The molecule has 2 amide bonds. The van der Waals surface area contributed by atoms with E-state index in [1.807, 2.05) is 30.3 Å². The molecule has 2 atom stereocenters. The first kappa shape index (κ1) is 9.54. The van der Waals surface area contributed by atoms with Crippen molar-refractivity contribution in [3.8, 4) is 0 Å². The van der Waals surface area contributed by atoms with Crippen molar-refractivity contribution in [2.24, 2.45) is 17.6 Å². The summed E-state index contributed by atoms with van der Waals surface area (Å²) in [5.74, 6) is -0.690. The lowest BCUT2D eigenvalue weighted by Crippen LogP contribution is -2.36. The molecule has 0 aromatic heterocycles. The van der Waals surface area contributed by atoms with Gasteiger partial charge in [0.2, 0.25) is 11.8 Å². The molecule has 1 aromatic carbocycles. The van der Waals surface area contributed by atoms with E-state index in [9.17, 15) is 9.59 Å². The lowest BCUT2D eigenvalue weighted by molar-refractivity contribution is -0.142. The van der Waals surface area contributed by atoms with Gasteiger partial charge >= 0.3 is 0 Å². The Hall–Kier alpha value is -1.68. The second kappa shape index (κ2) is 3.15. The first-order chi connectivity index (χ1) is 7.70. The molecule has 16 heavy (non-hydrogen) atoms. The van der Waals surface area contributed by atoms with Crippen molar-refractivity contribution in [1.29, 1.82) is 0 Å². The van der Waals surface area contributed by atoms with Gasteiger partial charge in [-0.05, 0) is 5.56 Å². The van der Waals surface area contributed by atoms with E-state index in [4.69, 9.17) is 5.73 Å². The minimum Gasteiger partial charge on any atom is -0.326 e. The van der Waals surface area contributed by atoms with Gasteiger partial charge in [-0.3, -0.25) is 14.5 Å². The number of hydrogen-bond acceptors (Lipinski definition) is 3. The minimum atomic E-state index is -0.240. The summed E-state index contributed by atoms with van der Waals surface area (Å²) in [4.78, 5) is 24.9. The summed E-state index contributed by atoms with van der Waals surface area (Å²) in [5, 5.41) is 0. The molecule has 1 heterocycles. The monoisotopic (exact) mass is 216 g/mol. The number of imide groups is 1. The normalized spacial score (nSPS) is 31.8. The van der Waals surface area contributed by atoms with Gasteiger partial charge in [-0.2, -0.15) is 0 Å². The Morgan fingerprint density at radius 1 is 1.06 bits per heavy atom. The van der Waals surface area contributed by atoms with E-state index in [1.54, 1.807) is 0 Å². The molecule has 82 valence electrons.